The second kappa shape index (κ2) is 7.53. The second-order valence-electron chi connectivity index (χ2n) is 5.82. The zero-order chi connectivity index (χ0) is 17.7. The van der Waals surface area contributed by atoms with Crippen molar-refractivity contribution in [2.24, 2.45) is 0 Å². The van der Waals surface area contributed by atoms with Gasteiger partial charge in [-0.05, 0) is 56.2 Å². The van der Waals surface area contributed by atoms with E-state index in [2.05, 4.69) is 15.0 Å². The molecule has 2 rings (SSSR count). The molecule has 7 heteroatoms. The Labute approximate surface area is 142 Å². The van der Waals surface area contributed by atoms with Crippen LogP contribution < -0.4 is 10.0 Å². The van der Waals surface area contributed by atoms with Crippen molar-refractivity contribution in [3.63, 3.8) is 0 Å². The molecule has 0 saturated heterocycles. The highest BCUT2D eigenvalue weighted by Crippen LogP contribution is 2.17. The number of unbranched alkanes of at least 4 members (excludes halogenated alkanes) is 1. The van der Waals surface area contributed by atoms with Crippen molar-refractivity contribution in [1.82, 2.24) is 4.98 Å². The van der Waals surface area contributed by atoms with E-state index in [1.54, 1.807) is 24.3 Å². The Morgan fingerprint density at radius 3 is 2.29 bits per heavy atom. The topological polar surface area (TPSA) is 91.1 Å². The number of hydrogen-bond acceptors (Lipinski definition) is 3. The summed E-state index contributed by atoms with van der Waals surface area (Å²) < 4.78 is 26.3. The summed E-state index contributed by atoms with van der Waals surface area (Å²) in [6.07, 6.45) is 1.45. The quantitative estimate of drug-likeness (QED) is 0.715. The molecule has 2 aromatic rings. The largest absolute Gasteiger partial charge is 0.354 e. The molecule has 6 nitrogen and oxygen atoms in total. The molecular formula is C17H23N3O3S. The molecule has 0 aliphatic carbocycles. The third-order valence-electron chi connectivity index (χ3n) is 3.56. The maximum Gasteiger partial charge on any atom is 0.272 e. The van der Waals surface area contributed by atoms with Crippen molar-refractivity contribution in [2.75, 3.05) is 15.8 Å². The third-order valence-corrected chi connectivity index (χ3v) is 4.93. The van der Waals surface area contributed by atoms with E-state index in [1.165, 1.54) is 0 Å². The third kappa shape index (κ3) is 4.86. The molecule has 0 radical (unpaired) electrons. The predicted octanol–water partition coefficient (Wildman–Crippen LogP) is 3.43. The zero-order valence-corrected chi connectivity index (χ0v) is 15.0. The average Bonchev–Trinajstić information content (AvgIpc) is 2.86. The number of anilines is 2. The van der Waals surface area contributed by atoms with E-state index in [1.807, 2.05) is 26.8 Å². The Balaban J connectivity index is 2.02. The Bertz CT molecular complexity index is 808. The van der Waals surface area contributed by atoms with Gasteiger partial charge in [-0.2, -0.15) is 0 Å². The highest BCUT2D eigenvalue weighted by atomic mass is 32.2. The number of carbonyl (C=O) groups excluding carboxylic acids is 1. The molecule has 3 N–H and O–H groups in total. The van der Waals surface area contributed by atoms with E-state index < -0.39 is 10.0 Å². The van der Waals surface area contributed by atoms with Crippen LogP contribution in [0.3, 0.4) is 0 Å². The summed E-state index contributed by atoms with van der Waals surface area (Å²) in [5, 5.41) is 2.79. The van der Waals surface area contributed by atoms with Gasteiger partial charge in [0.1, 0.15) is 5.69 Å². The van der Waals surface area contributed by atoms with E-state index in [0.717, 1.165) is 17.7 Å². The lowest BCUT2D eigenvalue weighted by atomic mass is 10.2. The van der Waals surface area contributed by atoms with Gasteiger partial charge in [-0.25, -0.2) is 8.42 Å². The summed E-state index contributed by atoms with van der Waals surface area (Å²) in [6.45, 7) is 5.70. The summed E-state index contributed by atoms with van der Waals surface area (Å²) >= 11 is 0. The lowest BCUT2D eigenvalue weighted by molar-refractivity contribution is 0.102. The molecule has 1 aromatic carbocycles. The first kappa shape index (κ1) is 18.1. The number of aryl methyl sites for hydroxylation is 2. The molecule has 0 unspecified atom stereocenters. The number of rotatable bonds is 7. The van der Waals surface area contributed by atoms with Crippen LogP contribution in [-0.2, 0) is 10.0 Å². The van der Waals surface area contributed by atoms with Gasteiger partial charge < -0.3 is 10.3 Å². The maximum atomic E-state index is 12.2. The number of nitrogens with one attached hydrogen (secondary N) is 3. The monoisotopic (exact) mass is 349 g/mol. The molecule has 0 aliphatic rings. The number of carbonyl (C=O) groups is 1. The Morgan fingerprint density at radius 2 is 1.75 bits per heavy atom. The maximum absolute atomic E-state index is 12.2. The van der Waals surface area contributed by atoms with Crippen molar-refractivity contribution in [1.29, 1.82) is 0 Å². The summed E-state index contributed by atoms with van der Waals surface area (Å²) in [7, 11) is -3.32. The van der Waals surface area contributed by atoms with Crippen LogP contribution in [0.1, 0.15) is 41.5 Å². The number of aromatic amines is 1. The summed E-state index contributed by atoms with van der Waals surface area (Å²) in [6, 6.07) is 8.50. The minimum Gasteiger partial charge on any atom is -0.354 e. The highest BCUT2D eigenvalue weighted by Gasteiger charge is 2.12. The van der Waals surface area contributed by atoms with Gasteiger partial charge >= 0.3 is 0 Å². The van der Waals surface area contributed by atoms with Crippen LogP contribution >= 0.6 is 0 Å². The van der Waals surface area contributed by atoms with Gasteiger partial charge in [0.15, 0.2) is 0 Å². The van der Waals surface area contributed by atoms with Crippen LogP contribution in [-0.4, -0.2) is 25.1 Å². The van der Waals surface area contributed by atoms with Crippen LogP contribution in [0.2, 0.25) is 0 Å². The predicted molar refractivity (Wildman–Crippen MR) is 97.0 cm³/mol. The zero-order valence-electron chi connectivity index (χ0n) is 14.1. The van der Waals surface area contributed by atoms with E-state index in [9.17, 15) is 13.2 Å². The van der Waals surface area contributed by atoms with Gasteiger partial charge in [0.2, 0.25) is 10.0 Å². The van der Waals surface area contributed by atoms with Gasteiger partial charge in [0.05, 0.1) is 5.75 Å². The van der Waals surface area contributed by atoms with Crippen LogP contribution in [0.25, 0.3) is 0 Å². The fourth-order valence-electron chi connectivity index (χ4n) is 2.34. The van der Waals surface area contributed by atoms with E-state index in [-0.39, 0.29) is 11.7 Å². The summed E-state index contributed by atoms with van der Waals surface area (Å²) in [5.41, 5.74) is 3.41. The van der Waals surface area contributed by atoms with Gasteiger partial charge in [-0.1, -0.05) is 13.3 Å². The summed E-state index contributed by atoms with van der Waals surface area (Å²) in [5.74, 6) is -0.121. The first-order chi connectivity index (χ1) is 11.3. The molecule has 1 heterocycles. The lowest BCUT2D eigenvalue weighted by Gasteiger charge is -2.09. The van der Waals surface area contributed by atoms with Crippen molar-refractivity contribution in [3.8, 4) is 0 Å². The van der Waals surface area contributed by atoms with Crippen LogP contribution in [0.4, 0.5) is 11.4 Å². The number of benzene rings is 1. The van der Waals surface area contributed by atoms with Crippen molar-refractivity contribution in [2.45, 2.75) is 33.6 Å². The number of hydrogen-bond donors (Lipinski definition) is 3. The number of H-pyrrole nitrogens is 1. The number of aromatic nitrogens is 1. The van der Waals surface area contributed by atoms with E-state index in [0.29, 0.717) is 23.5 Å². The van der Waals surface area contributed by atoms with E-state index in [4.69, 9.17) is 0 Å². The Kier molecular flexibility index (Phi) is 5.66. The molecule has 1 aromatic heterocycles. The molecule has 0 saturated carbocycles. The minimum absolute atomic E-state index is 0.105. The Hall–Kier alpha value is -2.28. The normalized spacial score (nSPS) is 11.3. The fourth-order valence-corrected chi connectivity index (χ4v) is 3.61. The van der Waals surface area contributed by atoms with Crippen molar-refractivity contribution >= 4 is 27.3 Å². The second-order valence-corrected chi connectivity index (χ2v) is 7.66. The molecular weight excluding hydrogens is 326 g/mol. The summed E-state index contributed by atoms with van der Waals surface area (Å²) in [4.78, 5) is 15.2. The molecule has 0 bridgehead atoms. The molecule has 0 spiro atoms. The average molecular weight is 349 g/mol. The van der Waals surface area contributed by atoms with Gasteiger partial charge in [0, 0.05) is 17.1 Å². The first-order valence-electron chi connectivity index (χ1n) is 7.89. The SMILES string of the molecule is CCCCS(=O)(=O)Nc1ccc(NC(=O)c2[nH]c(C)cc2C)cc1. The van der Waals surface area contributed by atoms with Crippen LogP contribution in [0.5, 0.6) is 0 Å². The molecule has 1 amide bonds. The van der Waals surface area contributed by atoms with Gasteiger partial charge in [0.25, 0.3) is 5.91 Å². The smallest absolute Gasteiger partial charge is 0.272 e. The standard InChI is InChI=1S/C17H23N3O3S/c1-4-5-10-24(22,23)20-15-8-6-14(7-9-15)19-17(21)16-12(2)11-13(3)18-16/h6-9,11,18,20H,4-5,10H2,1-3H3,(H,19,21). The number of sulfonamides is 1. The fraction of sp³-hybridized carbons (Fsp3) is 0.353. The van der Waals surface area contributed by atoms with Crippen LogP contribution in [0, 0.1) is 13.8 Å². The molecule has 0 aliphatic heterocycles. The molecule has 0 fully saturated rings. The Morgan fingerprint density at radius 1 is 1.12 bits per heavy atom. The molecule has 24 heavy (non-hydrogen) atoms. The minimum atomic E-state index is -3.32. The number of amides is 1. The molecule has 0 atom stereocenters. The van der Waals surface area contributed by atoms with Gasteiger partial charge in [-0.15, -0.1) is 0 Å². The van der Waals surface area contributed by atoms with Crippen molar-refractivity contribution < 1.29 is 13.2 Å². The van der Waals surface area contributed by atoms with Crippen LogP contribution in [0.15, 0.2) is 30.3 Å². The molecule has 130 valence electrons. The van der Waals surface area contributed by atoms with Gasteiger partial charge in [-0.3, -0.25) is 9.52 Å². The lowest BCUT2D eigenvalue weighted by Crippen LogP contribution is -2.17. The first-order valence-corrected chi connectivity index (χ1v) is 9.54. The highest BCUT2D eigenvalue weighted by molar-refractivity contribution is 7.92. The van der Waals surface area contributed by atoms with E-state index >= 15 is 0 Å². The van der Waals surface area contributed by atoms with Crippen molar-refractivity contribution in [3.05, 3.63) is 47.3 Å².